The molecule has 2 aliphatic rings. The number of rotatable bonds is 2. The predicted octanol–water partition coefficient (Wildman–Crippen LogP) is 0.607. The molecule has 0 aromatic carbocycles. The Hall–Kier alpha value is -1.38. The van der Waals surface area contributed by atoms with Gasteiger partial charge in [-0.2, -0.15) is 10.4 Å². The maximum atomic E-state index is 8.83. The summed E-state index contributed by atoms with van der Waals surface area (Å²) in [6.45, 7) is 5.74. The second-order valence-electron chi connectivity index (χ2n) is 4.82. The van der Waals surface area contributed by atoms with Crippen molar-refractivity contribution in [1.82, 2.24) is 14.7 Å². The molecule has 0 spiro atoms. The number of aromatic nitrogens is 2. The van der Waals surface area contributed by atoms with E-state index in [-0.39, 0.29) is 0 Å². The van der Waals surface area contributed by atoms with Gasteiger partial charge in [0.15, 0.2) is 5.69 Å². The summed E-state index contributed by atoms with van der Waals surface area (Å²) in [5.74, 6) is 0.680. The zero-order valence-electron chi connectivity index (χ0n) is 9.80. The van der Waals surface area contributed by atoms with Crippen molar-refractivity contribution >= 4 is 0 Å². The van der Waals surface area contributed by atoms with Gasteiger partial charge in [0.05, 0.1) is 18.8 Å². The lowest BCUT2D eigenvalue weighted by molar-refractivity contribution is 0.151. The molecule has 1 saturated heterocycles. The van der Waals surface area contributed by atoms with Crippen LogP contribution in [0.5, 0.6) is 0 Å². The molecule has 3 rings (SSSR count). The minimum Gasteiger partial charge on any atom is -0.381 e. The molecule has 1 aromatic heterocycles. The van der Waals surface area contributed by atoms with Crippen LogP contribution in [0.4, 0.5) is 0 Å². The fraction of sp³-hybridized carbons (Fsp3) is 0.667. The van der Waals surface area contributed by atoms with E-state index >= 15 is 0 Å². The van der Waals surface area contributed by atoms with Gasteiger partial charge in [0, 0.05) is 26.2 Å². The van der Waals surface area contributed by atoms with Crippen LogP contribution in [0.3, 0.4) is 0 Å². The molecule has 0 saturated carbocycles. The van der Waals surface area contributed by atoms with E-state index in [1.807, 2.05) is 10.7 Å². The molecule has 0 aliphatic carbocycles. The van der Waals surface area contributed by atoms with Gasteiger partial charge < -0.3 is 4.74 Å². The van der Waals surface area contributed by atoms with Crippen LogP contribution < -0.4 is 0 Å². The first-order valence-corrected chi connectivity index (χ1v) is 6.12. The second kappa shape index (κ2) is 4.47. The van der Waals surface area contributed by atoms with Gasteiger partial charge in [0.2, 0.25) is 0 Å². The Morgan fingerprint density at radius 1 is 1.53 bits per heavy atom. The van der Waals surface area contributed by atoms with Gasteiger partial charge in [-0.1, -0.05) is 0 Å². The van der Waals surface area contributed by atoms with Crippen LogP contribution in [0.15, 0.2) is 6.07 Å². The van der Waals surface area contributed by atoms with Crippen LogP contribution in [-0.2, 0) is 17.8 Å². The Morgan fingerprint density at radius 3 is 3.24 bits per heavy atom. The molecule has 0 radical (unpaired) electrons. The van der Waals surface area contributed by atoms with Gasteiger partial charge in [-0.25, -0.2) is 0 Å². The number of ether oxygens (including phenoxy) is 1. The van der Waals surface area contributed by atoms with Crippen molar-refractivity contribution in [3.8, 4) is 6.07 Å². The zero-order valence-corrected chi connectivity index (χ0v) is 9.80. The molecular weight excluding hydrogens is 216 g/mol. The van der Waals surface area contributed by atoms with E-state index in [0.717, 1.165) is 45.1 Å². The third kappa shape index (κ3) is 2.19. The number of nitriles is 1. The first-order valence-electron chi connectivity index (χ1n) is 6.12. The molecule has 5 nitrogen and oxygen atoms in total. The molecule has 0 amide bonds. The Balaban J connectivity index is 1.65. The smallest absolute Gasteiger partial charge is 0.162 e. The molecule has 5 heteroatoms. The van der Waals surface area contributed by atoms with Crippen molar-refractivity contribution in [2.75, 3.05) is 26.3 Å². The van der Waals surface area contributed by atoms with E-state index in [1.54, 1.807) is 0 Å². The summed E-state index contributed by atoms with van der Waals surface area (Å²) in [5.41, 5.74) is 1.69. The van der Waals surface area contributed by atoms with Crippen molar-refractivity contribution in [2.45, 2.75) is 19.5 Å². The SMILES string of the molecule is N#Cc1cc2n(n1)CCN(C[C@@H]1CCOC1)C2. The van der Waals surface area contributed by atoms with Crippen molar-refractivity contribution in [2.24, 2.45) is 5.92 Å². The quantitative estimate of drug-likeness (QED) is 0.749. The van der Waals surface area contributed by atoms with Crippen LogP contribution in [0.2, 0.25) is 0 Å². The lowest BCUT2D eigenvalue weighted by Gasteiger charge is -2.29. The minimum atomic E-state index is 0.533. The Bertz CT molecular complexity index is 442. The Kier molecular flexibility index (Phi) is 2.83. The van der Waals surface area contributed by atoms with Crippen molar-refractivity contribution in [1.29, 1.82) is 5.26 Å². The van der Waals surface area contributed by atoms with E-state index in [9.17, 15) is 0 Å². The monoisotopic (exact) mass is 232 g/mol. The fourth-order valence-electron chi connectivity index (χ4n) is 2.62. The molecule has 2 aliphatic heterocycles. The van der Waals surface area contributed by atoms with E-state index in [0.29, 0.717) is 11.6 Å². The second-order valence-corrected chi connectivity index (χ2v) is 4.82. The van der Waals surface area contributed by atoms with Crippen LogP contribution in [0.25, 0.3) is 0 Å². The molecule has 3 heterocycles. The van der Waals surface area contributed by atoms with E-state index in [4.69, 9.17) is 10.00 Å². The molecule has 0 N–H and O–H groups in total. The zero-order chi connectivity index (χ0) is 11.7. The largest absolute Gasteiger partial charge is 0.381 e. The lowest BCUT2D eigenvalue weighted by Crippen LogP contribution is -2.37. The molecule has 90 valence electrons. The third-order valence-corrected chi connectivity index (χ3v) is 3.53. The average molecular weight is 232 g/mol. The summed E-state index contributed by atoms with van der Waals surface area (Å²) < 4.78 is 7.36. The Morgan fingerprint density at radius 2 is 2.47 bits per heavy atom. The van der Waals surface area contributed by atoms with Crippen molar-refractivity contribution in [3.63, 3.8) is 0 Å². The standard InChI is InChI=1S/C12H16N4O/c13-6-11-5-12-8-15(2-3-16(12)14-11)7-10-1-4-17-9-10/h5,10H,1-4,7-9H2/t10-/m0/s1. The highest BCUT2D eigenvalue weighted by molar-refractivity contribution is 5.23. The van der Waals surface area contributed by atoms with E-state index in [1.165, 1.54) is 6.42 Å². The summed E-state index contributed by atoms with van der Waals surface area (Å²) >= 11 is 0. The maximum absolute atomic E-state index is 8.83. The highest BCUT2D eigenvalue weighted by atomic mass is 16.5. The number of fused-ring (bicyclic) bond motifs is 1. The molecule has 1 aromatic rings. The third-order valence-electron chi connectivity index (χ3n) is 3.53. The summed E-state index contributed by atoms with van der Waals surface area (Å²) in [6.07, 6.45) is 1.18. The molecule has 1 atom stereocenters. The fourth-order valence-corrected chi connectivity index (χ4v) is 2.62. The van der Waals surface area contributed by atoms with Gasteiger partial charge in [-0.3, -0.25) is 9.58 Å². The first-order chi connectivity index (χ1) is 8.35. The summed E-state index contributed by atoms with van der Waals surface area (Å²) in [7, 11) is 0. The van der Waals surface area contributed by atoms with Crippen LogP contribution in [0.1, 0.15) is 17.8 Å². The number of hydrogen-bond acceptors (Lipinski definition) is 4. The van der Waals surface area contributed by atoms with E-state index in [2.05, 4.69) is 16.1 Å². The highest BCUT2D eigenvalue weighted by Gasteiger charge is 2.23. The van der Waals surface area contributed by atoms with Crippen LogP contribution >= 0.6 is 0 Å². The van der Waals surface area contributed by atoms with Gasteiger partial charge in [0.25, 0.3) is 0 Å². The molecule has 1 fully saturated rings. The van der Waals surface area contributed by atoms with Gasteiger partial charge in [-0.15, -0.1) is 0 Å². The minimum absolute atomic E-state index is 0.533. The molecule has 0 bridgehead atoms. The molecule has 0 unspecified atom stereocenters. The predicted molar refractivity (Wildman–Crippen MR) is 61.1 cm³/mol. The number of nitrogens with zero attached hydrogens (tertiary/aromatic N) is 4. The van der Waals surface area contributed by atoms with Crippen LogP contribution in [-0.4, -0.2) is 41.0 Å². The first kappa shape index (κ1) is 10.8. The molecular formula is C12H16N4O. The lowest BCUT2D eigenvalue weighted by atomic mass is 10.1. The average Bonchev–Trinajstić information content (AvgIpc) is 2.96. The summed E-state index contributed by atoms with van der Waals surface area (Å²) in [4.78, 5) is 2.44. The van der Waals surface area contributed by atoms with Crippen molar-refractivity contribution < 1.29 is 4.74 Å². The normalized spacial score (nSPS) is 24.5. The number of hydrogen-bond donors (Lipinski definition) is 0. The van der Waals surface area contributed by atoms with E-state index < -0.39 is 0 Å². The summed E-state index contributed by atoms with van der Waals surface area (Å²) in [6, 6.07) is 4.00. The maximum Gasteiger partial charge on any atom is 0.162 e. The van der Waals surface area contributed by atoms with Crippen LogP contribution in [0, 0.1) is 17.2 Å². The van der Waals surface area contributed by atoms with Gasteiger partial charge >= 0.3 is 0 Å². The van der Waals surface area contributed by atoms with Crippen molar-refractivity contribution in [3.05, 3.63) is 17.5 Å². The summed E-state index contributed by atoms with van der Waals surface area (Å²) in [5, 5.41) is 13.1. The topological polar surface area (TPSA) is 54.1 Å². The molecule has 17 heavy (non-hydrogen) atoms. The Labute approximate surface area is 101 Å². The van der Waals surface area contributed by atoms with Gasteiger partial charge in [0.1, 0.15) is 6.07 Å². The highest BCUT2D eigenvalue weighted by Crippen LogP contribution is 2.18. The van der Waals surface area contributed by atoms with Gasteiger partial charge in [-0.05, 0) is 18.4 Å².